The zero-order valence-corrected chi connectivity index (χ0v) is 60.3. The van der Waals surface area contributed by atoms with Crippen LogP contribution in [-0.4, -0.2) is 80.0 Å². The molecule has 0 aromatic rings. The van der Waals surface area contributed by atoms with Crippen LogP contribution in [0, 0.1) is 133 Å². The molecule has 0 saturated heterocycles. The summed E-state index contributed by atoms with van der Waals surface area (Å²) in [6.45, 7) is 36.0. The first-order chi connectivity index (χ1) is 41.8. The zero-order chi connectivity index (χ0) is 64.6. The van der Waals surface area contributed by atoms with Gasteiger partial charge in [0.2, 0.25) is 0 Å². The second kappa shape index (κ2) is 27.5. The van der Waals surface area contributed by atoms with Crippen LogP contribution in [0.4, 0.5) is 0 Å². The van der Waals surface area contributed by atoms with Gasteiger partial charge in [0.05, 0.1) is 42.2 Å². The number of fused-ring (bicyclic) bond motifs is 15. The molecule has 12 aliphatic carbocycles. The van der Waals surface area contributed by atoms with Crippen molar-refractivity contribution in [3.05, 3.63) is 34.9 Å². The Morgan fingerprint density at radius 1 is 0.416 bits per heavy atom. The Hall–Kier alpha value is -1.06. The van der Waals surface area contributed by atoms with Gasteiger partial charge in [-0.3, -0.25) is 0 Å². The van der Waals surface area contributed by atoms with Gasteiger partial charge >= 0.3 is 0 Å². The van der Waals surface area contributed by atoms with Crippen molar-refractivity contribution in [1.82, 2.24) is 0 Å². The van der Waals surface area contributed by atoms with Gasteiger partial charge in [0, 0.05) is 7.11 Å². The van der Waals surface area contributed by atoms with Gasteiger partial charge in [-0.2, -0.15) is 0 Å². The highest BCUT2D eigenvalue weighted by atomic mass is 16.5. The van der Waals surface area contributed by atoms with Crippen molar-refractivity contribution in [2.45, 2.75) is 339 Å². The van der Waals surface area contributed by atoms with Crippen LogP contribution in [0.1, 0.15) is 296 Å². The number of aliphatic hydroxyl groups excluding tert-OH is 5. The SMILES string of the molecule is CC(C)CCCC(C)C1CCC2C3C(O)C=C4CC(O)CCC4(C)C3CCC12C.CC(CCCC(C)(C)O)C1CCC2C3C(O)C=C4CC(O)CCC4(C)C3CCC12C.COC1C=C2CC(O)CCC2(C)C2CCC3(C)C(C(C)CCCC(C)C)CCC3C12. The Labute approximate surface area is 546 Å². The summed E-state index contributed by atoms with van der Waals surface area (Å²) in [6, 6.07) is 0. The number of hydrogen-bond donors (Lipinski definition) is 6. The zero-order valence-electron chi connectivity index (χ0n) is 60.3. The summed E-state index contributed by atoms with van der Waals surface area (Å²) in [4.78, 5) is 0. The summed E-state index contributed by atoms with van der Waals surface area (Å²) in [5.41, 5.74) is 5.59. The van der Waals surface area contributed by atoms with E-state index in [-0.39, 0.29) is 47.5 Å². The summed E-state index contributed by atoms with van der Waals surface area (Å²) in [7, 11) is 1.92. The number of methoxy groups -OCH3 is 1. The number of ether oxygens (including phenoxy) is 1. The van der Waals surface area contributed by atoms with Crippen LogP contribution < -0.4 is 0 Å². The molecular formula is C82H140O7. The molecule has 9 saturated carbocycles. The topological polar surface area (TPSA) is 131 Å². The molecule has 0 aliphatic heterocycles. The number of rotatable bonds is 16. The lowest BCUT2D eigenvalue weighted by Crippen LogP contribution is -2.55. The van der Waals surface area contributed by atoms with E-state index in [0.717, 1.165) is 124 Å². The van der Waals surface area contributed by atoms with E-state index in [0.29, 0.717) is 69.0 Å². The van der Waals surface area contributed by atoms with Crippen molar-refractivity contribution in [3.63, 3.8) is 0 Å². The lowest BCUT2D eigenvalue weighted by Gasteiger charge is -2.60. The van der Waals surface area contributed by atoms with Crippen LogP contribution >= 0.6 is 0 Å². The standard InChI is InChI=1S/C28H48O2.C27H46O3.C27H46O2/c1-18(2)8-7-9-19(3)22-10-11-23-26-24(13-15-28(22,23)5)27(4)14-12-21(29)16-20(27)17-25(26)30-6;1-17(7-6-12-25(2,3)30)20-8-9-21-24-22(11-14-27(20,21)5)26(4)13-10-19(28)15-18(26)16-23(24)29;1-17(2)7-6-8-18(3)21-9-10-22-25-23(12-14-27(21,22)5)26(4)13-11-20(28)15-19(26)16-24(25)29/h17-19,21-26,29H,7-16H2,1-6H3;16-17,19-24,28-30H,6-15H2,1-5H3;16-18,20-25,28-29H,6-15H2,1-5H3. The third kappa shape index (κ3) is 13.6. The highest BCUT2D eigenvalue weighted by molar-refractivity contribution is 5.31. The Kier molecular flexibility index (Phi) is 21.8. The van der Waals surface area contributed by atoms with E-state index in [2.05, 4.69) is 108 Å². The van der Waals surface area contributed by atoms with E-state index in [4.69, 9.17) is 4.74 Å². The molecule has 0 aromatic heterocycles. The fraction of sp³-hybridized carbons (Fsp3) is 0.927. The molecule has 0 spiro atoms. The fourth-order valence-corrected chi connectivity index (χ4v) is 26.2. The number of aliphatic hydroxyl groups is 6. The molecule has 0 amide bonds. The maximum Gasteiger partial charge on any atom is 0.0788 e. The van der Waals surface area contributed by atoms with Crippen molar-refractivity contribution in [1.29, 1.82) is 0 Å². The molecule has 7 nitrogen and oxygen atoms in total. The van der Waals surface area contributed by atoms with E-state index in [1.165, 1.54) is 139 Å². The predicted octanol–water partition coefficient (Wildman–Crippen LogP) is 18.8. The third-order valence-corrected chi connectivity index (χ3v) is 31.2. The Morgan fingerprint density at radius 3 is 1.08 bits per heavy atom. The van der Waals surface area contributed by atoms with Crippen molar-refractivity contribution >= 4 is 0 Å². The van der Waals surface area contributed by atoms with Crippen molar-refractivity contribution in [2.24, 2.45) is 133 Å². The number of hydrogen-bond acceptors (Lipinski definition) is 7. The minimum absolute atomic E-state index is 0.144. The maximum atomic E-state index is 11.3. The average Bonchev–Trinajstić information content (AvgIpc) is 1.74. The van der Waals surface area contributed by atoms with Crippen molar-refractivity contribution < 1.29 is 35.4 Å². The second-order valence-corrected chi connectivity index (χ2v) is 37.5. The average molecular weight is 1240 g/mol. The molecular weight excluding hydrogens is 1100 g/mol. The molecule has 0 bridgehead atoms. The van der Waals surface area contributed by atoms with Crippen LogP contribution in [-0.2, 0) is 4.74 Å². The molecule has 12 rings (SSSR count). The molecule has 89 heavy (non-hydrogen) atoms. The Bertz CT molecular complexity index is 2450. The summed E-state index contributed by atoms with van der Waals surface area (Å²) in [5.74, 6) is 12.0. The second-order valence-electron chi connectivity index (χ2n) is 37.5. The molecule has 27 unspecified atom stereocenters. The minimum atomic E-state index is -0.556. The van der Waals surface area contributed by atoms with E-state index < -0.39 is 5.60 Å². The Balaban J connectivity index is 0.000000147. The van der Waals surface area contributed by atoms with Gasteiger partial charge in [-0.05, 0) is 288 Å². The first-order valence-electron chi connectivity index (χ1n) is 38.6. The van der Waals surface area contributed by atoms with E-state index in [1.807, 2.05) is 21.0 Å². The van der Waals surface area contributed by atoms with Gasteiger partial charge in [0.25, 0.3) is 0 Å². The molecule has 9 fully saturated rings. The van der Waals surface area contributed by atoms with Crippen LogP contribution in [0.2, 0.25) is 0 Å². The van der Waals surface area contributed by atoms with Gasteiger partial charge < -0.3 is 35.4 Å². The van der Waals surface area contributed by atoms with Crippen LogP contribution in [0.15, 0.2) is 34.9 Å². The molecule has 0 aromatic carbocycles. The van der Waals surface area contributed by atoms with E-state index >= 15 is 0 Å². The third-order valence-electron chi connectivity index (χ3n) is 31.2. The maximum absolute atomic E-state index is 11.3. The first-order valence-corrected chi connectivity index (χ1v) is 38.6. The molecule has 510 valence electrons. The lowest BCUT2D eigenvalue weighted by atomic mass is 9.46. The minimum Gasteiger partial charge on any atom is -0.393 e. The summed E-state index contributed by atoms with van der Waals surface area (Å²) < 4.78 is 6.17. The van der Waals surface area contributed by atoms with Gasteiger partial charge in [0.15, 0.2) is 0 Å². The van der Waals surface area contributed by atoms with Crippen LogP contribution in [0.25, 0.3) is 0 Å². The van der Waals surface area contributed by atoms with E-state index in [1.54, 1.807) is 0 Å². The highest BCUT2D eigenvalue weighted by Gasteiger charge is 2.65. The normalized spacial score (nSPS) is 47.3. The van der Waals surface area contributed by atoms with Gasteiger partial charge in [-0.25, -0.2) is 0 Å². The smallest absolute Gasteiger partial charge is 0.0788 e. The molecule has 7 heteroatoms. The van der Waals surface area contributed by atoms with Gasteiger partial charge in [0.1, 0.15) is 0 Å². The molecule has 12 aliphatic rings. The van der Waals surface area contributed by atoms with Crippen molar-refractivity contribution in [3.8, 4) is 0 Å². The van der Waals surface area contributed by atoms with Crippen LogP contribution in [0.5, 0.6) is 0 Å². The largest absolute Gasteiger partial charge is 0.393 e. The lowest BCUT2D eigenvalue weighted by molar-refractivity contribution is -0.106. The predicted molar refractivity (Wildman–Crippen MR) is 368 cm³/mol. The Morgan fingerprint density at radius 2 is 0.742 bits per heavy atom. The monoisotopic (exact) mass is 1240 g/mol. The molecule has 0 radical (unpaired) electrons. The van der Waals surface area contributed by atoms with Gasteiger partial charge in [-0.1, -0.05) is 176 Å². The first kappa shape index (κ1) is 70.7. The quantitative estimate of drug-likeness (QED) is 0.0849. The molecule has 6 N–H and O–H groups in total. The highest BCUT2D eigenvalue weighted by Crippen LogP contribution is 2.71. The molecule has 27 atom stereocenters. The molecule has 0 heterocycles. The van der Waals surface area contributed by atoms with Crippen molar-refractivity contribution in [2.75, 3.05) is 7.11 Å². The summed E-state index contributed by atoms with van der Waals surface area (Å²) >= 11 is 0. The van der Waals surface area contributed by atoms with E-state index in [9.17, 15) is 30.6 Å². The summed E-state index contributed by atoms with van der Waals surface area (Å²) in [5, 5.41) is 63.4. The van der Waals surface area contributed by atoms with Crippen LogP contribution in [0.3, 0.4) is 0 Å². The fourth-order valence-electron chi connectivity index (χ4n) is 26.2. The van der Waals surface area contributed by atoms with Gasteiger partial charge in [-0.15, -0.1) is 0 Å². The summed E-state index contributed by atoms with van der Waals surface area (Å²) in [6.07, 6.45) is 41.9.